The smallest absolute Gasteiger partial charge is 0.171 e. The molecule has 80 valence electrons. The number of alkyl halides is 4. The van der Waals surface area contributed by atoms with Gasteiger partial charge in [0.05, 0.1) is 6.42 Å². The highest BCUT2D eigenvalue weighted by molar-refractivity contribution is 6.20. The molecule has 0 aliphatic carbocycles. The summed E-state index contributed by atoms with van der Waals surface area (Å²) in [6.45, 7) is 2.06. The first-order chi connectivity index (χ1) is 5.95. The van der Waals surface area contributed by atoms with Crippen molar-refractivity contribution >= 4 is 11.6 Å². The summed E-state index contributed by atoms with van der Waals surface area (Å²) in [5, 5.41) is -0.739. The van der Waals surface area contributed by atoms with E-state index < -0.39 is 18.0 Å². The molecule has 0 N–H and O–H groups in total. The first-order valence-corrected chi connectivity index (χ1v) is 5.10. The van der Waals surface area contributed by atoms with Crippen molar-refractivity contribution in [3.05, 3.63) is 0 Å². The summed E-state index contributed by atoms with van der Waals surface area (Å²) in [6.07, 6.45) is -0.545. The van der Waals surface area contributed by atoms with Gasteiger partial charge in [0.2, 0.25) is 0 Å². The van der Waals surface area contributed by atoms with Gasteiger partial charge in [-0.15, -0.1) is 11.6 Å². The van der Waals surface area contributed by atoms with Gasteiger partial charge >= 0.3 is 6.18 Å². The van der Waals surface area contributed by atoms with E-state index in [-0.39, 0.29) is 0 Å². The minimum absolute atomic E-state index is 0.473. The first-order valence-electron chi connectivity index (χ1n) is 4.66. The molecular formula is C9H16ClF3. The molecule has 0 amide bonds. The maximum Gasteiger partial charge on any atom is 0.390 e. The molecule has 0 aliphatic rings. The lowest BCUT2D eigenvalue weighted by molar-refractivity contribution is -0.134. The number of hydrogen-bond donors (Lipinski definition) is 0. The second-order valence-corrected chi connectivity index (χ2v) is 3.88. The highest BCUT2D eigenvalue weighted by atomic mass is 35.5. The fraction of sp³-hybridized carbons (Fsp3) is 1.00. The Kier molecular flexibility index (Phi) is 6.56. The lowest BCUT2D eigenvalue weighted by Gasteiger charge is -2.11. The number of halogens is 4. The summed E-state index contributed by atoms with van der Waals surface area (Å²) in [5.41, 5.74) is 0. The Morgan fingerprint density at radius 1 is 1.15 bits per heavy atom. The van der Waals surface area contributed by atoms with Crippen molar-refractivity contribution in [2.24, 2.45) is 0 Å². The maximum absolute atomic E-state index is 11.8. The zero-order valence-corrected chi connectivity index (χ0v) is 8.59. The summed E-state index contributed by atoms with van der Waals surface area (Å²) in [4.78, 5) is 0. The van der Waals surface area contributed by atoms with E-state index in [0.717, 1.165) is 25.7 Å². The van der Waals surface area contributed by atoms with Crippen LogP contribution in [0.2, 0.25) is 0 Å². The van der Waals surface area contributed by atoms with Gasteiger partial charge in [-0.3, -0.25) is 0 Å². The van der Waals surface area contributed by atoms with Crippen LogP contribution in [0.1, 0.15) is 45.4 Å². The van der Waals surface area contributed by atoms with E-state index in [9.17, 15) is 13.2 Å². The SMILES string of the molecule is CCCCCCC(Cl)CC(F)(F)F. The third-order valence-electron chi connectivity index (χ3n) is 1.82. The quantitative estimate of drug-likeness (QED) is 0.453. The molecule has 0 rings (SSSR count). The normalized spacial score (nSPS) is 14.5. The molecule has 1 unspecified atom stereocenters. The minimum atomic E-state index is -4.11. The summed E-state index contributed by atoms with van der Waals surface area (Å²) >= 11 is 5.52. The molecule has 0 aromatic rings. The van der Waals surface area contributed by atoms with Crippen LogP contribution in [0.15, 0.2) is 0 Å². The van der Waals surface area contributed by atoms with Gasteiger partial charge in [0.1, 0.15) is 0 Å². The van der Waals surface area contributed by atoms with Crippen molar-refractivity contribution < 1.29 is 13.2 Å². The molecule has 0 radical (unpaired) electrons. The summed E-state index contributed by atoms with van der Waals surface area (Å²) in [5.74, 6) is 0. The van der Waals surface area contributed by atoms with Crippen molar-refractivity contribution in [2.45, 2.75) is 57.0 Å². The Labute approximate surface area is 82.5 Å². The molecule has 0 nitrogen and oxygen atoms in total. The Morgan fingerprint density at radius 2 is 1.77 bits per heavy atom. The van der Waals surface area contributed by atoms with Crippen molar-refractivity contribution in [1.29, 1.82) is 0 Å². The van der Waals surface area contributed by atoms with Gasteiger partial charge in [-0.05, 0) is 6.42 Å². The molecule has 1 atom stereocenters. The highest BCUT2D eigenvalue weighted by Crippen LogP contribution is 2.26. The summed E-state index contributed by atoms with van der Waals surface area (Å²) in [6, 6.07) is 0. The van der Waals surface area contributed by atoms with Gasteiger partial charge in [-0.25, -0.2) is 0 Å². The Balaban J connectivity index is 3.35. The predicted molar refractivity (Wildman–Crippen MR) is 49.1 cm³/mol. The molecule has 13 heavy (non-hydrogen) atoms. The van der Waals surface area contributed by atoms with Gasteiger partial charge in [0.15, 0.2) is 0 Å². The number of unbranched alkanes of at least 4 members (excludes halogenated alkanes) is 3. The predicted octanol–water partition coefficient (Wildman–Crippen LogP) is 4.52. The van der Waals surface area contributed by atoms with Crippen LogP contribution in [-0.4, -0.2) is 11.6 Å². The van der Waals surface area contributed by atoms with Gasteiger partial charge in [0.25, 0.3) is 0 Å². The molecule has 0 saturated heterocycles. The van der Waals surface area contributed by atoms with E-state index in [1.54, 1.807) is 0 Å². The van der Waals surface area contributed by atoms with E-state index in [1.807, 2.05) is 0 Å². The average Bonchev–Trinajstić information content (AvgIpc) is 1.94. The second kappa shape index (κ2) is 6.52. The molecule has 0 saturated carbocycles. The van der Waals surface area contributed by atoms with Gasteiger partial charge in [-0.2, -0.15) is 13.2 Å². The number of rotatable bonds is 6. The fourth-order valence-electron chi connectivity index (χ4n) is 1.15. The van der Waals surface area contributed by atoms with Crippen molar-refractivity contribution in [1.82, 2.24) is 0 Å². The van der Waals surface area contributed by atoms with E-state index >= 15 is 0 Å². The minimum Gasteiger partial charge on any atom is -0.171 e. The molecule has 0 aromatic carbocycles. The maximum atomic E-state index is 11.8. The van der Waals surface area contributed by atoms with Crippen LogP contribution in [0.3, 0.4) is 0 Å². The molecule has 0 bridgehead atoms. The number of hydrogen-bond acceptors (Lipinski definition) is 0. The van der Waals surface area contributed by atoms with Crippen LogP contribution < -0.4 is 0 Å². The van der Waals surface area contributed by atoms with Crippen LogP contribution in [-0.2, 0) is 0 Å². The Bertz CT molecular complexity index is 123. The van der Waals surface area contributed by atoms with E-state index in [0.29, 0.717) is 6.42 Å². The third kappa shape index (κ3) is 10.00. The van der Waals surface area contributed by atoms with Crippen LogP contribution in [0, 0.1) is 0 Å². The molecule has 0 aromatic heterocycles. The Morgan fingerprint density at radius 3 is 2.23 bits per heavy atom. The molecule has 4 heteroatoms. The van der Waals surface area contributed by atoms with Crippen LogP contribution in [0.5, 0.6) is 0 Å². The van der Waals surface area contributed by atoms with Crippen LogP contribution in [0.25, 0.3) is 0 Å². The van der Waals surface area contributed by atoms with Crippen molar-refractivity contribution in [3.8, 4) is 0 Å². The van der Waals surface area contributed by atoms with Gasteiger partial charge in [-0.1, -0.05) is 32.6 Å². The fourth-order valence-corrected chi connectivity index (χ4v) is 1.48. The molecular weight excluding hydrogens is 201 g/mol. The van der Waals surface area contributed by atoms with Crippen molar-refractivity contribution in [2.75, 3.05) is 0 Å². The van der Waals surface area contributed by atoms with Crippen LogP contribution >= 0.6 is 11.6 Å². The van der Waals surface area contributed by atoms with E-state index in [1.165, 1.54) is 0 Å². The molecule has 0 spiro atoms. The van der Waals surface area contributed by atoms with Gasteiger partial charge < -0.3 is 0 Å². The van der Waals surface area contributed by atoms with Gasteiger partial charge in [0, 0.05) is 5.38 Å². The second-order valence-electron chi connectivity index (χ2n) is 3.27. The van der Waals surface area contributed by atoms with E-state index in [4.69, 9.17) is 11.6 Å². The summed E-state index contributed by atoms with van der Waals surface area (Å²) < 4.78 is 35.4. The zero-order chi connectivity index (χ0) is 10.3. The van der Waals surface area contributed by atoms with Crippen LogP contribution in [0.4, 0.5) is 13.2 Å². The largest absolute Gasteiger partial charge is 0.390 e. The third-order valence-corrected chi connectivity index (χ3v) is 2.20. The monoisotopic (exact) mass is 216 g/mol. The van der Waals surface area contributed by atoms with E-state index in [2.05, 4.69) is 6.92 Å². The first kappa shape index (κ1) is 13.1. The Hall–Kier alpha value is 0.0800. The van der Waals surface area contributed by atoms with Crippen molar-refractivity contribution in [3.63, 3.8) is 0 Å². The highest BCUT2D eigenvalue weighted by Gasteiger charge is 2.30. The lowest BCUT2D eigenvalue weighted by atomic mass is 10.1. The molecule has 0 heterocycles. The molecule has 0 aliphatic heterocycles. The standard InChI is InChI=1S/C9H16ClF3/c1-2-3-4-5-6-8(10)7-9(11,12)13/h8H,2-7H2,1H3. The lowest BCUT2D eigenvalue weighted by Crippen LogP contribution is -2.15. The average molecular weight is 217 g/mol. The summed E-state index contributed by atoms with van der Waals surface area (Å²) in [7, 11) is 0. The molecule has 0 fully saturated rings. The zero-order valence-electron chi connectivity index (χ0n) is 7.83. The topological polar surface area (TPSA) is 0 Å².